The molecule has 0 aromatic heterocycles. The molecule has 0 heterocycles. The molecule has 1 unspecified atom stereocenters. The van der Waals surface area contributed by atoms with Gasteiger partial charge in [-0.2, -0.15) is 0 Å². The molecular formula is C12H20N4. The molecule has 1 aromatic rings. The molecule has 88 valence electrons. The maximum Gasteiger partial charge on any atom is 0.213 e. The molecule has 1 aromatic carbocycles. The first kappa shape index (κ1) is 12.5. The predicted octanol–water partition coefficient (Wildman–Crippen LogP) is 1.87. The van der Waals surface area contributed by atoms with Crippen molar-refractivity contribution in [3.8, 4) is 0 Å². The van der Waals surface area contributed by atoms with E-state index in [9.17, 15) is 0 Å². The van der Waals surface area contributed by atoms with Crippen LogP contribution in [-0.2, 0) is 0 Å². The molecule has 0 fully saturated rings. The number of hydrogen-bond acceptors (Lipinski definition) is 2. The number of benzene rings is 1. The Bertz CT molecular complexity index is 334. The third-order valence-corrected chi connectivity index (χ3v) is 2.71. The molecular weight excluding hydrogens is 200 g/mol. The van der Waals surface area contributed by atoms with E-state index in [0.717, 1.165) is 12.1 Å². The molecule has 4 heteroatoms. The Morgan fingerprint density at radius 1 is 1.44 bits per heavy atom. The summed E-state index contributed by atoms with van der Waals surface area (Å²) in [5.41, 5.74) is 3.54. The standard InChI is InChI=1S/C12H20N4/c1-4-10(2)16(3)12(15-13)14-11-8-6-5-7-9-11/h5-10H,4,13H2,1-3H3,(H,14,15). The van der Waals surface area contributed by atoms with E-state index in [-0.39, 0.29) is 0 Å². The molecule has 0 saturated heterocycles. The van der Waals surface area contributed by atoms with Crippen LogP contribution in [-0.4, -0.2) is 23.9 Å². The van der Waals surface area contributed by atoms with E-state index < -0.39 is 0 Å². The van der Waals surface area contributed by atoms with Crippen molar-refractivity contribution in [2.75, 3.05) is 7.05 Å². The third kappa shape index (κ3) is 3.24. The van der Waals surface area contributed by atoms with Gasteiger partial charge in [0.2, 0.25) is 5.96 Å². The van der Waals surface area contributed by atoms with E-state index in [1.165, 1.54) is 0 Å². The number of para-hydroxylation sites is 1. The number of nitrogens with two attached hydrogens (primary N) is 1. The van der Waals surface area contributed by atoms with E-state index in [4.69, 9.17) is 5.84 Å². The van der Waals surface area contributed by atoms with Crippen molar-refractivity contribution in [1.29, 1.82) is 0 Å². The van der Waals surface area contributed by atoms with Gasteiger partial charge in [0.1, 0.15) is 0 Å². The minimum atomic E-state index is 0.401. The summed E-state index contributed by atoms with van der Waals surface area (Å²) in [5, 5.41) is 0. The summed E-state index contributed by atoms with van der Waals surface area (Å²) >= 11 is 0. The van der Waals surface area contributed by atoms with Crippen molar-refractivity contribution in [3.05, 3.63) is 30.3 Å². The summed E-state index contributed by atoms with van der Waals surface area (Å²) in [7, 11) is 1.98. The van der Waals surface area contributed by atoms with Gasteiger partial charge in [0.25, 0.3) is 0 Å². The molecule has 4 nitrogen and oxygen atoms in total. The Balaban J connectivity index is 2.85. The summed E-state index contributed by atoms with van der Waals surface area (Å²) in [6.07, 6.45) is 1.05. The number of aliphatic imine (C=N–C) groups is 1. The molecule has 0 aliphatic carbocycles. The molecule has 1 rings (SSSR count). The number of guanidine groups is 1. The number of nitrogens with one attached hydrogen (secondary N) is 1. The first-order chi connectivity index (χ1) is 7.69. The van der Waals surface area contributed by atoms with E-state index in [0.29, 0.717) is 12.0 Å². The number of nitrogens with zero attached hydrogens (tertiary/aromatic N) is 2. The van der Waals surface area contributed by atoms with E-state index in [2.05, 4.69) is 24.3 Å². The summed E-state index contributed by atoms with van der Waals surface area (Å²) in [6, 6.07) is 10.2. The molecule has 3 N–H and O–H groups in total. The SMILES string of the molecule is CCC(C)N(C)C(=Nc1ccccc1)NN. The van der Waals surface area contributed by atoms with Crippen molar-refractivity contribution in [1.82, 2.24) is 10.3 Å². The second kappa shape index (κ2) is 6.12. The zero-order valence-electron chi connectivity index (χ0n) is 10.1. The minimum Gasteiger partial charge on any atom is -0.342 e. The third-order valence-electron chi connectivity index (χ3n) is 2.71. The lowest BCUT2D eigenvalue weighted by molar-refractivity contribution is 0.369. The van der Waals surface area contributed by atoms with Crippen LogP contribution < -0.4 is 11.3 Å². The van der Waals surface area contributed by atoms with Gasteiger partial charge in [-0.1, -0.05) is 25.1 Å². The molecule has 0 spiro atoms. The fourth-order valence-corrected chi connectivity index (χ4v) is 1.32. The highest BCUT2D eigenvalue weighted by atomic mass is 15.4. The molecule has 16 heavy (non-hydrogen) atoms. The van der Waals surface area contributed by atoms with Gasteiger partial charge < -0.3 is 4.90 Å². The number of hydrazine groups is 1. The van der Waals surface area contributed by atoms with Crippen molar-refractivity contribution in [3.63, 3.8) is 0 Å². The Kier molecular flexibility index (Phi) is 4.79. The highest BCUT2D eigenvalue weighted by Crippen LogP contribution is 2.11. The van der Waals surface area contributed by atoms with E-state index >= 15 is 0 Å². The molecule has 1 atom stereocenters. The Hall–Kier alpha value is -1.55. The molecule has 0 radical (unpaired) electrons. The van der Waals surface area contributed by atoms with Gasteiger partial charge in [-0.15, -0.1) is 0 Å². The van der Waals surface area contributed by atoms with Gasteiger partial charge in [-0.3, -0.25) is 5.43 Å². The first-order valence-electron chi connectivity index (χ1n) is 5.52. The van der Waals surface area contributed by atoms with Crippen LogP contribution in [0.15, 0.2) is 35.3 Å². The van der Waals surface area contributed by atoms with Crippen LogP contribution in [0.3, 0.4) is 0 Å². The molecule has 0 amide bonds. The van der Waals surface area contributed by atoms with Gasteiger partial charge in [-0.05, 0) is 25.5 Å². The second-order valence-corrected chi connectivity index (χ2v) is 3.78. The van der Waals surface area contributed by atoms with Crippen molar-refractivity contribution in [2.24, 2.45) is 10.8 Å². The number of rotatable bonds is 3. The lowest BCUT2D eigenvalue weighted by Crippen LogP contribution is -2.46. The topological polar surface area (TPSA) is 53.6 Å². The van der Waals surface area contributed by atoms with Gasteiger partial charge in [-0.25, -0.2) is 10.8 Å². The smallest absolute Gasteiger partial charge is 0.213 e. The van der Waals surface area contributed by atoms with E-state index in [1.807, 2.05) is 42.3 Å². The average Bonchev–Trinajstić information content (AvgIpc) is 2.35. The Morgan fingerprint density at radius 3 is 2.56 bits per heavy atom. The van der Waals surface area contributed by atoms with Crippen molar-refractivity contribution >= 4 is 11.6 Å². The van der Waals surface area contributed by atoms with E-state index in [1.54, 1.807) is 0 Å². The fraction of sp³-hybridized carbons (Fsp3) is 0.417. The largest absolute Gasteiger partial charge is 0.342 e. The Labute approximate surface area is 97.1 Å². The maximum atomic E-state index is 5.49. The normalized spacial score (nSPS) is 13.4. The van der Waals surface area contributed by atoms with Crippen LogP contribution in [0.4, 0.5) is 5.69 Å². The molecule has 0 saturated carbocycles. The van der Waals surface area contributed by atoms with Gasteiger partial charge in [0, 0.05) is 13.1 Å². The van der Waals surface area contributed by atoms with Gasteiger partial charge in [0.05, 0.1) is 5.69 Å². The minimum absolute atomic E-state index is 0.401. The molecule has 0 aliphatic rings. The van der Waals surface area contributed by atoms with Crippen molar-refractivity contribution < 1.29 is 0 Å². The predicted molar refractivity (Wildman–Crippen MR) is 68.4 cm³/mol. The Morgan fingerprint density at radius 2 is 2.06 bits per heavy atom. The lowest BCUT2D eigenvalue weighted by atomic mass is 10.2. The van der Waals surface area contributed by atoms with Crippen LogP contribution in [0.2, 0.25) is 0 Å². The van der Waals surface area contributed by atoms with Crippen LogP contribution in [0.25, 0.3) is 0 Å². The average molecular weight is 220 g/mol. The van der Waals surface area contributed by atoms with Crippen LogP contribution in [0.1, 0.15) is 20.3 Å². The quantitative estimate of drug-likeness (QED) is 0.354. The zero-order valence-corrected chi connectivity index (χ0v) is 10.1. The first-order valence-corrected chi connectivity index (χ1v) is 5.52. The second-order valence-electron chi connectivity index (χ2n) is 3.78. The highest BCUT2D eigenvalue weighted by molar-refractivity contribution is 5.82. The maximum absolute atomic E-state index is 5.49. The lowest BCUT2D eigenvalue weighted by Gasteiger charge is -2.26. The zero-order chi connectivity index (χ0) is 12.0. The summed E-state index contributed by atoms with van der Waals surface area (Å²) in [6.45, 7) is 4.27. The summed E-state index contributed by atoms with van der Waals surface area (Å²) in [4.78, 5) is 6.49. The van der Waals surface area contributed by atoms with Crippen LogP contribution in [0, 0.1) is 0 Å². The van der Waals surface area contributed by atoms with Crippen molar-refractivity contribution in [2.45, 2.75) is 26.3 Å². The van der Waals surface area contributed by atoms with Crippen LogP contribution >= 0.6 is 0 Å². The van der Waals surface area contributed by atoms with Crippen LogP contribution in [0.5, 0.6) is 0 Å². The van der Waals surface area contributed by atoms with Gasteiger partial charge in [0.15, 0.2) is 0 Å². The summed E-state index contributed by atoms with van der Waals surface area (Å²) < 4.78 is 0. The molecule has 0 bridgehead atoms. The monoisotopic (exact) mass is 220 g/mol. The summed E-state index contributed by atoms with van der Waals surface area (Å²) in [5.74, 6) is 6.17. The number of hydrogen-bond donors (Lipinski definition) is 2. The van der Waals surface area contributed by atoms with Gasteiger partial charge >= 0.3 is 0 Å². The molecule has 0 aliphatic heterocycles. The highest BCUT2D eigenvalue weighted by Gasteiger charge is 2.10. The fourth-order valence-electron chi connectivity index (χ4n) is 1.32.